The molecule has 2 aliphatic rings. The van der Waals surface area contributed by atoms with Crippen LogP contribution in [0.5, 0.6) is 0 Å². The van der Waals surface area contributed by atoms with Crippen molar-refractivity contribution in [1.29, 1.82) is 5.41 Å². The molecule has 1 atom stereocenters. The van der Waals surface area contributed by atoms with Crippen LogP contribution in [0.15, 0.2) is 30.5 Å². The third-order valence-electron chi connectivity index (χ3n) is 6.23. The van der Waals surface area contributed by atoms with Gasteiger partial charge in [-0.3, -0.25) is 5.41 Å². The highest BCUT2D eigenvalue weighted by molar-refractivity contribution is 6.35. The first-order valence-corrected chi connectivity index (χ1v) is 9.85. The monoisotopic (exact) mass is 384 g/mol. The summed E-state index contributed by atoms with van der Waals surface area (Å²) in [7, 11) is 0. The molecule has 1 spiro atoms. The van der Waals surface area contributed by atoms with Crippen LogP contribution in [0.3, 0.4) is 0 Å². The summed E-state index contributed by atoms with van der Waals surface area (Å²) in [4.78, 5) is 11.2. The van der Waals surface area contributed by atoms with Crippen molar-refractivity contribution in [2.75, 3.05) is 23.7 Å². The lowest BCUT2D eigenvalue weighted by Gasteiger charge is -2.42. The Hall–Kier alpha value is -2.18. The summed E-state index contributed by atoms with van der Waals surface area (Å²) < 4.78 is 0. The van der Waals surface area contributed by atoms with Gasteiger partial charge in [0.1, 0.15) is 11.5 Å². The van der Waals surface area contributed by atoms with Crippen LogP contribution in [0.2, 0.25) is 5.02 Å². The number of halogens is 1. The molecule has 1 unspecified atom stereocenters. The van der Waals surface area contributed by atoms with E-state index < -0.39 is 0 Å². The lowest BCUT2D eigenvalue weighted by atomic mass is 9.74. The molecule has 6 nitrogen and oxygen atoms in total. The fourth-order valence-corrected chi connectivity index (χ4v) is 4.73. The second kappa shape index (κ2) is 7.09. The van der Waals surface area contributed by atoms with Crippen LogP contribution < -0.4 is 16.4 Å². The molecule has 0 bridgehead atoms. The van der Waals surface area contributed by atoms with Gasteiger partial charge in [-0.2, -0.15) is 0 Å². The lowest BCUT2D eigenvalue weighted by Crippen LogP contribution is -2.47. The second-order valence-electron chi connectivity index (χ2n) is 7.67. The molecule has 1 saturated carbocycles. The van der Waals surface area contributed by atoms with Crippen molar-refractivity contribution in [3.63, 3.8) is 0 Å². The number of nitrogens with two attached hydrogens (primary N) is 2. The SMILES string of the molecule is N=C(c1ccccc1Cl)c1ncc(N2CCC3(CCCC3N)CC2)nc1N. The third kappa shape index (κ3) is 3.28. The fraction of sp³-hybridized carbons (Fsp3) is 0.450. The van der Waals surface area contributed by atoms with Crippen molar-refractivity contribution in [1.82, 2.24) is 9.97 Å². The Morgan fingerprint density at radius 3 is 2.59 bits per heavy atom. The first-order chi connectivity index (χ1) is 13.0. The summed E-state index contributed by atoms with van der Waals surface area (Å²) in [5.74, 6) is 1.03. The molecule has 142 valence electrons. The summed E-state index contributed by atoms with van der Waals surface area (Å²) in [5.41, 5.74) is 14.0. The van der Waals surface area contributed by atoms with Crippen LogP contribution in [-0.4, -0.2) is 34.8 Å². The minimum atomic E-state index is 0.187. The van der Waals surface area contributed by atoms with Gasteiger partial charge in [0.25, 0.3) is 0 Å². The summed E-state index contributed by atoms with van der Waals surface area (Å²) in [6.07, 6.45) is 7.52. The van der Waals surface area contributed by atoms with Gasteiger partial charge in [-0.05, 0) is 37.2 Å². The van der Waals surface area contributed by atoms with Gasteiger partial charge in [0.15, 0.2) is 5.82 Å². The molecular weight excluding hydrogens is 360 g/mol. The molecule has 2 aromatic rings. The van der Waals surface area contributed by atoms with Gasteiger partial charge < -0.3 is 16.4 Å². The minimum absolute atomic E-state index is 0.187. The van der Waals surface area contributed by atoms with Crippen LogP contribution >= 0.6 is 11.6 Å². The number of anilines is 2. The maximum atomic E-state index is 8.40. The number of rotatable bonds is 3. The van der Waals surface area contributed by atoms with Crippen LogP contribution in [0.4, 0.5) is 11.6 Å². The van der Waals surface area contributed by atoms with Gasteiger partial charge >= 0.3 is 0 Å². The molecule has 2 heterocycles. The highest BCUT2D eigenvalue weighted by atomic mass is 35.5. The van der Waals surface area contributed by atoms with E-state index in [-0.39, 0.29) is 11.5 Å². The molecule has 1 aromatic carbocycles. The number of hydrogen-bond donors (Lipinski definition) is 3. The second-order valence-corrected chi connectivity index (χ2v) is 8.07. The number of aromatic nitrogens is 2. The molecule has 1 aliphatic heterocycles. The van der Waals surface area contributed by atoms with Crippen molar-refractivity contribution in [2.45, 2.75) is 38.1 Å². The summed E-state index contributed by atoms with van der Waals surface area (Å²) in [6, 6.07) is 7.53. The number of piperidine rings is 1. The maximum Gasteiger partial charge on any atom is 0.154 e. The topological polar surface area (TPSA) is 105 Å². The van der Waals surface area contributed by atoms with Crippen LogP contribution in [0, 0.1) is 10.8 Å². The molecule has 27 heavy (non-hydrogen) atoms. The molecular formula is C20H25ClN6. The first kappa shape index (κ1) is 18.2. The zero-order valence-electron chi connectivity index (χ0n) is 15.3. The summed E-state index contributed by atoms with van der Waals surface area (Å²) in [6.45, 7) is 1.84. The van der Waals surface area contributed by atoms with Crippen LogP contribution in [-0.2, 0) is 0 Å². The van der Waals surface area contributed by atoms with E-state index in [9.17, 15) is 0 Å². The Balaban J connectivity index is 1.51. The smallest absolute Gasteiger partial charge is 0.154 e. The maximum absolute atomic E-state index is 8.40. The Labute approximate surface area is 164 Å². The van der Waals surface area contributed by atoms with Gasteiger partial charge in [0.2, 0.25) is 0 Å². The average Bonchev–Trinajstić information content (AvgIpc) is 3.02. The van der Waals surface area contributed by atoms with E-state index >= 15 is 0 Å². The van der Waals surface area contributed by atoms with Crippen molar-refractivity contribution >= 4 is 28.9 Å². The normalized spacial score (nSPS) is 21.6. The number of benzene rings is 1. The van der Waals surface area contributed by atoms with Crippen molar-refractivity contribution in [2.24, 2.45) is 11.1 Å². The Morgan fingerprint density at radius 2 is 1.96 bits per heavy atom. The highest BCUT2D eigenvalue weighted by Crippen LogP contribution is 2.45. The van der Waals surface area contributed by atoms with E-state index in [1.165, 1.54) is 12.8 Å². The average molecular weight is 385 g/mol. The molecule has 1 aromatic heterocycles. The van der Waals surface area contributed by atoms with Gasteiger partial charge in [-0.1, -0.05) is 36.2 Å². The Morgan fingerprint density at radius 1 is 1.22 bits per heavy atom. The zero-order valence-corrected chi connectivity index (χ0v) is 16.0. The molecule has 0 radical (unpaired) electrons. The molecule has 1 aliphatic carbocycles. The van der Waals surface area contributed by atoms with Gasteiger partial charge in [-0.15, -0.1) is 0 Å². The van der Waals surface area contributed by atoms with E-state index in [1.54, 1.807) is 18.3 Å². The van der Waals surface area contributed by atoms with Crippen molar-refractivity contribution in [3.05, 3.63) is 46.7 Å². The highest BCUT2D eigenvalue weighted by Gasteiger charge is 2.43. The van der Waals surface area contributed by atoms with E-state index in [0.717, 1.165) is 38.2 Å². The molecule has 5 N–H and O–H groups in total. The Kier molecular flexibility index (Phi) is 4.78. The first-order valence-electron chi connectivity index (χ1n) is 9.47. The molecule has 0 amide bonds. The molecule has 1 saturated heterocycles. The third-order valence-corrected chi connectivity index (χ3v) is 6.56. The quantitative estimate of drug-likeness (QED) is 0.704. The van der Waals surface area contributed by atoms with E-state index in [0.29, 0.717) is 27.7 Å². The van der Waals surface area contributed by atoms with E-state index in [2.05, 4.69) is 14.9 Å². The minimum Gasteiger partial charge on any atom is -0.382 e. The van der Waals surface area contributed by atoms with Gasteiger partial charge in [-0.25, -0.2) is 9.97 Å². The zero-order chi connectivity index (χ0) is 19.0. The van der Waals surface area contributed by atoms with Gasteiger partial charge in [0.05, 0.1) is 16.9 Å². The van der Waals surface area contributed by atoms with Gasteiger partial charge in [0, 0.05) is 24.7 Å². The molecule has 7 heteroatoms. The van der Waals surface area contributed by atoms with Crippen molar-refractivity contribution in [3.8, 4) is 0 Å². The Bertz CT molecular complexity index is 859. The fourth-order valence-electron chi connectivity index (χ4n) is 4.50. The molecule has 4 rings (SSSR count). The van der Waals surface area contributed by atoms with E-state index in [1.807, 2.05) is 12.1 Å². The van der Waals surface area contributed by atoms with Crippen LogP contribution in [0.1, 0.15) is 43.4 Å². The number of nitrogens with one attached hydrogen (secondary N) is 1. The number of hydrogen-bond acceptors (Lipinski definition) is 6. The lowest BCUT2D eigenvalue weighted by molar-refractivity contribution is 0.197. The number of nitrogen functional groups attached to an aromatic ring is 1. The van der Waals surface area contributed by atoms with E-state index in [4.69, 9.17) is 28.5 Å². The van der Waals surface area contributed by atoms with Crippen molar-refractivity contribution < 1.29 is 0 Å². The largest absolute Gasteiger partial charge is 0.382 e. The standard InChI is InChI=1S/C20H25ClN6/c21-14-5-2-1-4-13(14)17(23)18-19(24)26-16(12-25-18)27-10-8-20(9-11-27)7-3-6-15(20)22/h1-2,4-5,12,15,23H,3,6-11,22H2,(H2,24,26). The predicted molar refractivity (Wildman–Crippen MR) is 110 cm³/mol. The number of nitrogens with zero attached hydrogens (tertiary/aromatic N) is 3. The van der Waals surface area contributed by atoms with Crippen LogP contribution in [0.25, 0.3) is 0 Å². The summed E-state index contributed by atoms with van der Waals surface area (Å²) >= 11 is 6.20. The summed E-state index contributed by atoms with van der Waals surface area (Å²) in [5, 5.41) is 8.91. The predicted octanol–water partition coefficient (Wildman–Crippen LogP) is 3.23. The molecule has 2 fully saturated rings.